The predicted octanol–water partition coefficient (Wildman–Crippen LogP) is 1.67. The highest BCUT2D eigenvalue weighted by molar-refractivity contribution is 5.63. The largest absolute Gasteiger partial charge is 0.398 e. The fourth-order valence-corrected chi connectivity index (χ4v) is 2.30. The Hall–Kier alpha value is -1.73. The average molecular weight is 244 g/mol. The second-order valence-electron chi connectivity index (χ2n) is 5.54. The Morgan fingerprint density at radius 3 is 2.67 bits per heavy atom. The van der Waals surface area contributed by atoms with Crippen LogP contribution in [0.1, 0.15) is 19.4 Å². The van der Waals surface area contributed by atoms with Gasteiger partial charge in [-0.15, -0.1) is 0 Å². The van der Waals surface area contributed by atoms with Gasteiger partial charge in [0.1, 0.15) is 6.07 Å². The SMILES string of the molecule is CN1CCN(c2ccc(N)c(C#N)c2)CC1(C)C. The first-order chi connectivity index (χ1) is 8.44. The maximum atomic E-state index is 9.03. The number of piperazine rings is 1. The van der Waals surface area contributed by atoms with Gasteiger partial charge in [0, 0.05) is 36.5 Å². The number of likely N-dealkylation sites (N-methyl/N-ethyl adjacent to an activating group) is 1. The van der Waals surface area contributed by atoms with E-state index in [-0.39, 0.29) is 5.54 Å². The summed E-state index contributed by atoms with van der Waals surface area (Å²) in [7, 11) is 2.15. The molecule has 18 heavy (non-hydrogen) atoms. The lowest BCUT2D eigenvalue weighted by molar-refractivity contribution is 0.139. The van der Waals surface area contributed by atoms with Crippen molar-refractivity contribution in [3.05, 3.63) is 23.8 Å². The summed E-state index contributed by atoms with van der Waals surface area (Å²) in [5, 5.41) is 9.03. The number of nitrogens with two attached hydrogens (primary N) is 1. The minimum atomic E-state index is 0.145. The lowest BCUT2D eigenvalue weighted by Gasteiger charge is -2.46. The molecule has 1 fully saturated rings. The Labute approximate surface area is 109 Å². The summed E-state index contributed by atoms with van der Waals surface area (Å²) in [6, 6.07) is 7.84. The third kappa shape index (κ3) is 2.27. The maximum Gasteiger partial charge on any atom is 0.101 e. The number of hydrogen-bond acceptors (Lipinski definition) is 4. The van der Waals surface area contributed by atoms with Gasteiger partial charge in [0.2, 0.25) is 0 Å². The van der Waals surface area contributed by atoms with Gasteiger partial charge in [0.05, 0.1) is 5.56 Å². The number of nitriles is 1. The van der Waals surface area contributed by atoms with Crippen molar-refractivity contribution in [3.8, 4) is 6.07 Å². The number of benzene rings is 1. The Kier molecular flexibility index (Phi) is 3.18. The highest BCUT2D eigenvalue weighted by Crippen LogP contribution is 2.26. The average Bonchev–Trinajstić information content (AvgIpc) is 2.33. The van der Waals surface area contributed by atoms with E-state index in [1.165, 1.54) is 0 Å². The van der Waals surface area contributed by atoms with Gasteiger partial charge in [-0.1, -0.05) is 0 Å². The van der Waals surface area contributed by atoms with E-state index in [0.717, 1.165) is 25.3 Å². The van der Waals surface area contributed by atoms with Crippen molar-refractivity contribution < 1.29 is 0 Å². The molecule has 0 aromatic heterocycles. The lowest BCUT2D eigenvalue weighted by Crippen LogP contribution is -2.57. The zero-order chi connectivity index (χ0) is 13.3. The summed E-state index contributed by atoms with van der Waals surface area (Å²) in [6.45, 7) is 7.44. The molecule has 0 unspecified atom stereocenters. The standard InChI is InChI=1S/C14H20N4/c1-14(2)10-18(7-6-17(14)3)12-4-5-13(16)11(8-12)9-15/h4-5,8H,6-7,10,16H2,1-3H3. The molecular formula is C14H20N4. The Bertz CT molecular complexity index is 487. The number of hydrogen-bond donors (Lipinski definition) is 1. The van der Waals surface area contributed by atoms with Crippen LogP contribution >= 0.6 is 0 Å². The molecule has 2 N–H and O–H groups in total. The second kappa shape index (κ2) is 4.51. The van der Waals surface area contributed by atoms with E-state index in [1.54, 1.807) is 0 Å². The molecule has 1 aromatic rings. The number of anilines is 2. The smallest absolute Gasteiger partial charge is 0.101 e. The zero-order valence-corrected chi connectivity index (χ0v) is 11.3. The number of rotatable bonds is 1. The number of nitrogens with zero attached hydrogens (tertiary/aromatic N) is 3. The van der Waals surface area contributed by atoms with Crippen LogP contribution in [0.15, 0.2) is 18.2 Å². The third-order valence-electron chi connectivity index (χ3n) is 3.84. The first-order valence-electron chi connectivity index (χ1n) is 6.20. The molecule has 1 heterocycles. The van der Waals surface area contributed by atoms with Gasteiger partial charge in [-0.05, 0) is 39.1 Å². The topological polar surface area (TPSA) is 56.3 Å². The van der Waals surface area contributed by atoms with Gasteiger partial charge in [-0.25, -0.2) is 0 Å². The highest BCUT2D eigenvalue weighted by Gasteiger charge is 2.31. The summed E-state index contributed by atoms with van der Waals surface area (Å²) in [4.78, 5) is 4.69. The molecule has 4 heteroatoms. The minimum Gasteiger partial charge on any atom is -0.398 e. The van der Waals surface area contributed by atoms with Crippen molar-refractivity contribution in [3.63, 3.8) is 0 Å². The van der Waals surface area contributed by atoms with E-state index in [1.807, 2.05) is 18.2 Å². The maximum absolute atomic E-state index is 9.03. The van der Waals surface area contributed by atoms with Gasteiger partial charge in [-0.3, -0.25) is 4.90 Å². The quantitative estimate of drug-likeness (QED) is 0.763. The Morgan fingerprint density at radius 2 is 2.06 bits per heavy atom. The predicted molar refractivity (Wildman–Crippen MR) is 74.5 cm³/mol. The van der Waals surface area contributed by atoms with Crippen LogP contribution in [0.3, 0.4) is 0 Å². The summed E-state index contributed by atoms with van der Waals surface area (Å²) in [5.41, 5.74) is 8.10. The fraction of sp³-hybridized carbons (Fsp3) is 0.500. The van der Waals surface area contributed by atoms with Gasteiger partial charge in [0.25, 0.3) is 0 Å². The zero-order valence-electron chi connectivity index (χ0n) is 11.3. The summed E-state index contributed by atoms with van der Waals surface area (Å²) in [6.07, 6.45) is 0. The van der Waals surface area contributed by atoms with E-state index >= 15 is 0 Å². The summed E-state index contributed by atoms with van der Waals surface area (Å²) >= 11 is 0. The van der Waals surface area contributed by atoms with E-state index in [0.29, 0.717) is 11.3 Å². The van der Waals surface area contributed by atoms with E-state index in [2.05, 4.69) is 36.8 Å². The van der Waals surface area contributed by atoms with Crippen LogP contribution in [0.25, 0.3) is 0 Å². The molecule has 96 valence electrons. The van der Waals surface area contributed by atoms with Gasteiger partial charge in [0.15, 0.2) is 0 Å². The molecule has 0 bridgehead atoms. The molecule has 1 aliphatic heterocycles. The van der Waals surface area contributed by atoms with Crippen molar-refractivity contribution >= 4 is 11.4 Å². The van der Waals surface area contributed by atoms with Crippen LogP contribution < -0.4 is 10.6 Å². The monoisotopic (exact) mass is 244 g/mol. The molecular weight excluding hydrogens is 224 g/mol. The van der Waals surface area contributed by atoms with Crippen LogP contribution in [0.2, 0.25) is 0 Å². The fourth-order valence-electron chi connectivity index (χ4n) is 2.30. The van der Waals surface area contributed by atoms with Crippen molar-refractivity contribution in [1.29, 1.82) is 5.26 Å². The molecule has 0 radical (unpaired) electrons. The number of nitrogen functional groups attached to an aromatic ring is 1. The summed E-state index contributed by atoms with van der Waals surface area (Å²) < 4.78 is 0. The van der Waals surface area contributed by atoms with E-state index in [9.17, 15) is 0 Å². The van der Waals surface area contributed by atoms with Crippen molar-refractivity contribution in [2.75, 3.05) is 37.3 Å². The van der Waals surface area contributed by atoms with Gasteiger partial charge in [-0.2, -0.15) is 5.26 Å². The molecule has 0 aliphatic carbocycles. The molecule has 0 amide bonds. The molecule has 1 aromatic carbocycles. The normalized spacial score (nSPS) is 19.6. The van der Waals surface area contributed by atoms with Gasteiger partial charge >= 0.3 is 0 Å². The van der Waals surface area contributed by atoms with Crippen molar-refractivity contribution in [1.82, 2.24) is 4.90 Å². The van der Waals surface area contributed by atoms with Gasteiger partial charge < -0.3 is 10.6 Å². The third-order valence-corrected chi connectivity index (χ3v) is 3.84. The lowest BCUT2D eigenvalue weighted by atomic mass is 9.99. The van der Waals surface area contributed by atoms with Crippen LogP contribution in [0.5, 0.6) is 0 Å². The Morgan fingerprint density at radius 1 is 1.33 bits per heavy atom. The van der Waals surface area contributed by atoms with E-state index < -0.39 is 0 Å². The molecule has 2 rings (SSSR count). The first kappa shape index (κ1) is 12.7. The van der Waals surface area contributed by atoms with Crippen LogP contribution in [-0.2, 0) is 0 Å². The van der Waals surface area contributed by atoms with Crippen LogP contribution in [-0.4, -0.2) is 37.1 Å². The molecule has 4 nitrogen and oxygen atoms in total. The minimum absolute atomic E-state index is 0.145. The van der Waals surface area contributed by atoms with Crippen molar-refractivity contribution in [2.24, 2.45) is 0 Å². The van der Waals surface area contributed by atoms with Crippen LogP contribution in [0.4, 0.5) is 11.4 Å². The Balaban J connectivity index is 2.26. The molecule has 0 saturated carbocycles. The first-order valence-corrected chi connectivity index (χ1v) is 6.20. The van der Waals surface area contributed by atoms with Crippen molar-refractivity contribution in [2.45, 2.75) is 19.4 Å². The van der Waals surface area contributed by atoms with E-state index in [4.69, 9.17) is 11.0 Å². The highest BCUT2D eigenvalue weighted by atomic mass is 15.3. The molecule has 0 spiro atoms. The molecule has 1 aliphatic rings. The second-order valence-corrected chi connectivity index (χ2v) is 5.54. The van der Waals surface area contributed by atoms with Crippen LogP contribution in [0, 0.1) is 11.3 Å². The summed E-state index contributed by atoms with van der Waals surface area (Å²) in [5.74, 6) is 0. The molecule has 1 saturated heterocycles. The molecule has 0 atom stereocenters.